The summed E-state index contributed by atoms with van der Waals surface area (Å²) in [5.41, 5.74) is 2.64. The number of likely N-dealkylation sites (N-methyl/N-ethyl adjacent to an activating group) is 1. The minimum absolute atomic E-state index is 0.183. The van der Waals surface area contributed by atoms with Gasteiger partial charge in [0.2, 0.25) is 0 Å². The molecule has 0 radical (unpaired) electrons. The van der Waals surface area contributed by atoms with Crippen LogP contribution in [0.4, 0.5) is 5.82 Å². The molecule has 32 heavy (non-hydrogen) atoms. The molecule has 0 aliphatic heterocycles. The molecule has 0 amide bonds. The lowest BCUT2D eigenvalue weighted by atomic mass is 10.1. The molecule has 2 aromatic carbocycles. The zero-order valence-electron chi connectivity index (χ0n) is 18.7. The van der Waals surface area contributed by atoms with Crippen molar-refractivity contribution in [2.45, 2.75) is 19.3 Å². The average molecular weight is 434 g/mol. The minimum Gasteiger partial charge on any atom is -0.493 e. The van der Waals surface area contributed by atoms with Gasteiger partial charge in [-0.05, 0) is 43.2 Å². The fourth-order valence-electron chi connectivity index (χ4n) is 3.37. The van der Waals surface area contributed by atoms with E-state index in [0.717, 1.165) is 5.56 Å². The first kappa shape index (κ1) is 22.8. The van der Waals surface area contributed by atoms with Gasteiger partial charge in [0, 0.05) is 13.6 Å². The van der Waals surface area contributed by atoms with Crippen molar-refractivity contribution in [1.29, 1.82) is 5.26 Å². The zero-order chi connectivity index (χ0) is 23.1. The Morgan fingerprint density at radius 2 is 1.78 bits per heavy atom. The SMILES string of the molecule is CCOC(=O)[C@H](C#N)c1nc2ccccc2nc1N(C)CCc1ccc(OC)c(OC)c1. The number of benzene rings is 2. The van der Waals surface area contributed by atoms with Crippen LogP contribution in [0.2, 0.25) is 0 Å². The van der Waals surface area contributed by atoms with Gasteiger partial charge < -0.3 is 19.1 Å². The topological polar surface area (TPSA) is 97.6 Å². The molecule has 0 unspecified atom stereocenters. The van der Waals surface area contributed by atoms with E-state index in [2.05, 4.69) is 4.98 Å². The fourth-order valence-corrected chi connectivity index (χ4v) is 3.37. The molecule has 0 aliphatic carbocycles. The molecule has 0 fully saturated rings. The highest BCUT2D eigenvalue weighted by Crippen LogP contribution is 2.29. The molecule has 0 N–H and O–H groups in total. The maximum atomic E-state index is 12.4. The van der Waals surface area contributed by atoms with E-state index in [-0.39, 0.29) is 6.61 Å². The van der Waals surface area contributed by atoms with Crippen molar-refractivity contribution in [3.05, 3.63) is 53.7 Å². The molecule has 0 spiro atoms. The highest BCUT2D eigenvalue weighted by atomic mass is 16.5. The summed E-state index contributed by atoms with van der Waals surface area (Å²) in [4.78, 5) is 23.7. The number of rotatable bonds is 9. The first-order valence-corrected chi connectivity index (χ1v) is 10.3. The van der Waals surface area contributed by atoms with Gasteiger partial charge in [-0.25, -0.2) is 9.97 Å². The summed E-state index contributed by atoms with van der Waals surface area (Å²) in [7, 11) is 5.06. The third kappa shape index (κ3) is 4.89. The van der Waals surface area contributed by atoms with Gasteiger partial charge in [-0.2, -0.15) is 5.26 Å². The Morgan fingerprint density at radius 1 is 1.09 bits per heavy atom. The molecular weight excluding hydrogens is 408 g/mol. The van der Waals surface area contributed by atoms with Gasteiger partial charge in [0.05, 0.1) is 37.9 Å². The summed E-state index contributed by atoms with van der Waals surface area (Å²) in [6.45, 7) is 2.47. The van der Waals surface area contributed by atoms with Crippen LogP contribution in [-0.2, 0) is 16.0 Å². The van der Waals surface area contributed by atoms with Crippen LogP contribution in [0.25, 0.3) is 11.0 Å². The van der Waals surface area contributed by atoms with E-state index in [1.165, 1.54) is 0 Å². The van der Waals surface area contributed by atoms with Gasteiger partial charge >= 0.3 is 5.97 Å². The molecule has 1 heterocycles. The van der Waals surface area contributed by atoms with Crippen LogP contribution >= 0.6 is 0 Å². The average Bonchev–Trinajstić information content (AvgIpc) is 2.82. The number of esters is 1. The van der Waals surface area contributed by atoms with Crippen LogP contribution < -0.4 is 14.4 Å². The smallest absolute Gasteiger partial charge is 0.329 e. The van der Waals surface area contributed by atoms with Crippen LogP contribution in [0.1, 0.15) is 24.1 Å². The number of nitriles is 1. The quantitative estimate of drug-likeness (QED) is 0.472. The number of hydrogen-bond donors (Lipinski definition) is 0. The van der Waals surface area contributed by atoms with E-state index >= 15 is 0 Å². The number of fused-ring (bicyclic) bond motifs is 1. The van der Waals surface area contributed by atoms with Gasteiger partial charge in [-0.1, -0.05) is 18.2 Å². The lowest BCUT2D eigenvalue weighted by Crippen LogP contribution is -2.26. The van der Waals surface area contributed by atoms with E-state index in [1.807, 2.05) is 54.4 Å². The molecule has 8 nitrogen and oxygen atoms in total. The van der Waals surface area contributed by atoms with Crippen LogP contribution in [0, 0.1) is 11.3 Å². The summed E-state index contributed by atoms with van der Waals surface area (Å²) < 4.78 is 15.8. The summed E-state index contributed by atoms with van der Waals surface area (Å²) in [5.74, 6) is 0.00719. The number of para-hydroxylation sites is 2. The zero-order valence-corrected chi connectivity index (χ0v) is 18.7. The van der Waals surface area contributed by atoms with E-state index in [0.29, 0.717) is 47.0 Å². The normalized spacial score (nSPS) is 11.5. The third-order valence-electron chi connectivity index (χ3n) is 5.05. The second-order valence-corrected chi connectivity index (χ2v) is 7.10. The lowest BCUT2D eigenvalue weighted by Gasteiger charge is -2.22. The van der Waals surface area contributed by atoms with Crippen LogP contribution in [-0.4, -0.2) is 50.4 Å². The van der Waals surface area contributed by atoms with E-state index in [9.17, 15) is 10.1 Å². The predicted octanol–water partition coefficient (Wildman–Crippen LogP) is 3.50. The third-order valence-corrected chi connectivity index (χ3v) is 5.05. The maximum absolute atomic E-state index is 12.4. The molecule has 3 aromatic rings. The number of ether oxygens (including phenoxy) is 3. The summed E-state index contributed by atoms with van der Waals surface area (Å²) in [6, 6.07) is 15.2. The molecule has 3 rings (SSSR count). The Bertz CT molecular complexity index is 1140. The van der Waals surface area contributed by atoms with Crippen molar-refractivity contribution in [2.75, 3.05) is 39.3 Å². The number of anilines is 1. The van der Waals surface area contributed by atoms with Crippen LogP contribution in [0.5, 0.6) is 11.5 Å². The van der Waals surface area contributed by atoms with Crippen molar-refractivity contribution in [2.24, 2.45) is 0 Å². The second kappa shape index (κ2) is 10.4. The molecular formula is C24H26N4O4. The Balaban J connectivity index is 1.93. The Morgan fingerprint density at radius 3 is 2.41 bits per heavy atom. The monoisotopic (exact) mass is 434 g/mol. The first-order chi connectivity index (χ1) is 15.5. The Kier molecular flexibility index (Phi) is 7.45. The van der Waals surface area contributed by atoms with Gasteiger partial charge in [-0.3, -0.25) is 4.79 Å². The molecule has 0 aliphatic rings. The van der Waals surface area contributed by atoms with E-state index in [4.69, 9.17) is 19.2 Å². The number of hydrogen-bond acceptors (Lipinski definition) is 8. The van der Waals surface area contributed by atoms with E-state index in [1.54, 1.807) is 27.2 Å². The van der Waals surface area contributed by atoms with Crippen molar-refractivity contribution >= 4 is 22.8 Å². The number of carbonyl (C=O) groups excluding carboxylic acids is 1. The largest absolute Gasteiger partial charge is 0.493 e. The van der Waals surface area contributed by atoms with Crippen molar-refractivity contribution in [3.63, 3.8) is 0 Å². The highest BCUT2D eigenvalue weighted by Gasteiger charge is 2.29. The minimum atomic E-state index is -1.16. The number of methoxy groups -OCH3 is 2. The van der Waals surface area contributed by atoms with Crippen molar-refractivity contribution in [3.8, 4) is 17.6 Å². The first-order valence-electron chi connectivity index (χ1n) is 10.3. The molecule has 1 aromatic heterocycles. The van der Waals surface area contributed by atoms with Gasteiger partial charge in [0.15, 0.2) is 23.2 Å². The van der Waals surface area contributed by atoms with Gasteiger partial charge in [0.25, 0.3) is 0 Å². The summed E-state index contributed by atoms with van der Waals surface area (Å²) in [6.07, 6.45) is 0.682. The fraction of sp³-hybridized carbons (Fsp3) is 0.333. The van der Waals surface area contributed by atoms with Crippen LogP contribution in [0.3, 0.4) is 0 Å². The lowest BCUT2D eigenvalue weighted by molar-refractivity contribution is -0.143. The van der Waals surface area contributed by atoms with Crippen molar-refractivity contribution < 1.29 is 19.0 Å². The Labute approximate surface area is 187 Å². The summed E-state index contributed by atoms with van der Waals surface area (Å²) >= 11 is 0. The molecule has 166 valence electrons. The number of nitrogens with zero attached hydrogens (tertiary/aromatic N) is 4. The van der Waals surface area contributed by atoms with Crippen LogP contribution in [0.15, 0.2) is 42.5 Å². The predicted molar refractivity (Wildman–Crippen MR) is 121 cm³/mol. The standard InChI is InChI=1S/C24H26N4O4/c1-5-32-24(29)17(15-25)22-23(27-19-9-7-6-8-18(19)26-22)28(2)13-12-16-10-11-20(30-3)21(14-16)31-4/h6-11,14,17H,5,12-13H2,1-4H3/t17-/m1/s1. The number of carbonyl (C=O) groups is 1. The summed E-state index contributed by atoms with van der Waals surface area (Å²) in [5, 5.41) is 9.71. The highest BCUT2D eigenvalue weighted by molar-refractivity contribution is 5.85. The maximum Gasteiger partial charge on any atom is 0.329 e. The molecule has 0 saturated heterocycles. The van der Waals surface area contributed by atoms with Gasteiger partial charge in [-0.15, -0.1) is 0 Å². The molecule has 0 saturated carbocycles. The molecule has 8 heteroatoms. The molecule has 1 atom stereocenters. The molecule has 0 bridgehead atoms. The number of aromatic nitrogens is 2. The Hall–Kier alpha value is -3.86. The van der Waals surface area contributed by atoms with E-state index < -0.39 is 11.9 Å². The van der Waals surface area contributed by atoms with Crippen molar-refractivity contribution in [1.82, 2.24) is 9.97 Å². The second-order valence-electron chi connectivity index (χ2n) is 7.10. The van der Waals surface area contributed by atoms with Gasteiger partial charge in [0.1, 0.15) is 5.69 Å².